The van der Waals surface area contributed by atoms with Gasteiger partial charge in [-0.15, -0.1) is 23.1 Å². The molecule has 1 saturated heterocycles. The van der Waals surface area contributed by atoms with Gasteiger partial charge in [0, 0.05) is 15.6 Å². The SMILES string of the molecule is CCON=C(C(=O)N[C@@H]1C(=O)N2C(C(=O)O)=C(CI)CS[C@@H]12)c1csc(NC(c2ccccc2)(c2ccccc2)c2ccccc2)n1. The number of hydrogen-bond donors (Lipinski definition) is 3. The van der Waals surface area contributed by atoms with Crippen LogP contribution in [0.3, 0.4) is 0 Å². The van der Waals surface area contributed by atoms with Crippen LogP contribution in [0, 0.1) is 0 Å². The second-order valence-corrected chi connectivity index (χ2v) is 13.3. The number of anilines is 1. The number of β-lactam (4-membered cyclic amide) rings is 1. The third-order valence-electron chi connectivity index (χ3n) is 7.86. The van der Waals surface area contributed by atoms with E-state index < -0.39 is 34.7 Å². The van der Waals surface area contributed by atoms with Crippen molar-refractivity contribution in [2.24, 2.45) is 5.16 Å². The molecule has 3 N–H and O–H groups in total. The van der Waals surface area contributed by atoms with Gasteiger partial charge < -0.3 is 20.6 Å². The zero-order valence-electron chi connectivity index (χ0n) is 25.1. The number of carbonyl (C=O) groups is 3. The molecule has 2 aliphatic rings. The van der Waals surface area contributed by atoms with Gasteiger partial charge in [-0.25, -0.2) is 9.78 Å². The molecule has 0 bridgehead atoms. The Morgan fingerprint density at radius 3 is 2.11 bits per heavy atom. The summed E-state index contributed by atoms with van der Waals surface area (Å²) in [5, 5.41) is 22.1. The number of hydrogen-bond acceptors (Lipinski definition) is 9. The van der Waals surface area contributed by atoms with E-state index in [-0.39, 0.29) is 23.7 Å². The summed E-state index contributed by atoms with van der Waals surface area (Å²) >= 11 is 4.83. The number of fused-ring (bicyclic) bond motifs is 1. The number of thiazole rings is 1. The fraction of sp³-hybridized carbons (Fsp3) is 0.206. The summed E-state index contributed by atoms with van der Waals surface area (Å²) in [5.41, 5.74) is 3.01. The van der Waals surface area contributed by atoms with E-state index >= 15 is 0 Å². The van der Waals surface area contributed by atoms with Gasteiger partial charge in [-0.1, -0.05) is 119 Å². The van der Waals surface area contributed by atoms with E-state index in [9.17, 15) is 19.5 Å². The minimum Gasteiger partial charge on any atom is -0.477 e. The molecule has 4 aromatic rings. The van der Waals surface area contributed by atoms with Gasteiger partial charge >= 0.3 is 5.97 Å². The minimum atomic E-state index is -1.15. The number of carboxylic acids is 1. The Kier molecular flexibility index (Phi) is 9.94. The van der Waals surface area contributed by atoms with Gasteiger partial charge in [0.1, 0.15) is 35.0 Å². The maximum Gasteiger partial charge on any atom is 0.352 e. The van der Waals surface area contributed by atoms with Gasteiger partial charge in [-0.05, 0) is 29.2 Å². The van der Waals surface area contributed by atoms with Crippen molar-refractivity contribution in [1.29, 1.82) is 0 Å². The second-order valence-electron chi connectivity index (χ2n) is 10.6. The molecule has 0 saturated carbocycles. The highest BCUT2D eigenvalue weighted by Gasteiger charge is 2.54. The van der Waals surface area contributed by atoms with Crippen LogP contribution in [0.1, 0.15) is 29.3 Å². The summed E-state index contributed by atoms with van der Waals surface area (Å²) in [7, 11) is 0. The van der Waals surface area contributed by atoms with Crippen LogP contribution < -0.4 is 10.6 Å². The number of benzene rings is 3. The van der Waals surface area contributed by atoms with E-state index in [1.165, 1.54) is 28.0 Å². The molecule has 1 fully saturated rings. The van der Waals surface area contributed by atoms with Crippen molar-refractivity contribution in [2.75, 3.05) is 22.1 Å². The van der Waals surface area contributed by atoms with Crippen molar-refractivity contribution in [1.82, 2.24) is 15.2 Å². The van der Waals surface area contributed by atoms with Crippen molar-refractivity contribution in [3.8, 4) is 0 Å². The molecule has 6 rings (SSSR count). The lowest BCUT2D eigenvalue weighted by Crippen LogP contribution is -2.71. The fourth-order valence-corrected chi connectivity index (χ4v) is 8.80. The normalized spacial score (nSPS) is 17.9. The first-order valence-electron chi connectivity index (χ1n) is 14.8. The first kappa shape index (κ1) is 32.7. The number of carbonyl (C=O) groups excluding carboxylic acids is 2. The third-order valence-corrected chi connectivity index (χ3v) is 10.9. The first-order chi connectivity index (χ1) is 22.9. The fourth-order valence-electron chi connectivity index (χ4n) is 5.71. The second kappa shape index (κ2) is 14.3. The number of nitrogens with one attached hydrogen (secondary N) is 2. The van der Waals surface area contributed by atoms with Gasteiger partial charge in [0.2, 0.25) is 0 Å². The summed E-state index contributed by atoms with van der Waals surface area (Å²) in [6.07, 6.45) is 0. The van der Waals surface area contributed by atoms with Crippen molar-refractivity contribution in [2.45, 2.75) is 23.9 Å². The van der Waals surface area contributed by atoms with E-state index in [4.69, 9.17) is 9.82 Å². The topological polar surface area (TPSA) is 133 Å². The Morgan fingerprint density at radius 1 is 1.02 bits per heavy atom. The largest absolute Gasteiger partial charge is 0.477 e. The third kappa shape index (κ3) is 6.26. The molecule has 1 aromatic heterocycles. The molecule has 3 heterocycles. The van der Waals surface area contributed by atoms with Crippen LogP contribution >= 0.6 is 45.7 Å². The minimum absolute atomic E-state index is 0.00388. The quantitative estimate of drug-likeness (QED) is 0.0432. The van der Waals surface area contributed by atoms with Crippen LogP contribution in [0.4, 0.5) is 5.13 Å². The molecular formula is C34H30IN5O5S2. The lowest BCUT2D eigenvalue weighted by molar-refractivity contribution is -0.150. The number of alkyl halides is 1. The molecule has 0 aliphatic carbocycles. The summed E-state index contributed by atoms with van der Waals surface area (Å²) in [5.74, 6) is -1.82. The van der Waals surface area contributed by atoms with Crippen molar-refractivity contribution >= 4 is 74.3 Å². The summed E-state index contributed by atoms with van der Waals surface area (Å²) < 4.78 is 0.491. The number of oxime groups is 1. The van der Waals surface area contributed by atoms with Crippen LogP contribution in [0.15, 0.2) is 113 Å². The lowest BCUT2D eigenvalue weighted by Gasteiger charge is -2.49. The molecule has 47 heavy (non-hydrogen) atoms. The van der Waals surface area contributed by atoms with Crippen LogP contribution in [0.5, 0.6) is 0 Å². The summed E-state index contributed by atoms with van der Waals surface area (Å²) in [4.78, 5) is 50.2. The van der Waals surface area contributed by atoms with Gasteiger partial charge in [-0.3, -0.25) is 14.5 Å². The predicted octanol–water partition coefficient (Wildman–Crippen LogP) is 5.46. The van der Waals surface area contributed by atoms with Crippen LogP contribution in [-0.4, -0.2) is 66.7 Å². The number of aliphatic carboxylic acids is 1. The van der Waals surface area contributed by atoms with Gasteiger partial charge in [0.05, 0.1) is 0 Å². The average molecular weight is 780 g/mol. The summed E-state index contributed by atoms with van der Waals surface area (Å²) in [6, 6.07) is 29.3. The van der Waals surface area contributed by atoms with Crippen LogP contribution in [-0.2, 0) is 24.8 Å². The van der Waals surface area contributed by atoms with Gasteiger partial charge in [-0.2, -0.15) is 0 Å². The number of aromatic nitrogens is 1. The molecule has 0 radical (unpaired) electrons. The predicted molar refractivity (Wildman–Crippen MR) is 192 cm³/mol. The Bertz CT molecular complexity index is 1740. The maximum atomic E-state index is 13.7. The Hall–Kier alpha value is -4.21. The number of rotatable bonds is 12. The van der Waals surface area contributed by atoms with Crippen molar-refractivity contribution in [3.63, 3.8) is 0 Å². The van der Waals surface area contributed by atoms with Crippen LogP contribution in [0.25, 0.3) is 0 Å². The number of thioether (sulfide) groups is 1. The molecule has 3 aromatic carbocycles. The van der Waals surface area contributed by atoms with Gasteiger partial charge in [0.15, 0.2) is 10.8 Å². The molecule has 2 amide bonds. The van der Waals surface area contributed by atoms with E-state index in [0.29, 0.717) is 20.9 Å². The number of halogens is 1. The van der Waals surface area contributed by atoms with E-state index in [1.54, 1.807) is 12.3 Å². The van der Waals surface area contributed by atoms with Crippen LogP contribution in [0.2, 0.25) is 0 Å². The Labute approximate surface area is 293 Å². The van der Waals surface area contributed by atoms with Crippen molar-refractivity contribution < 1.29 is 24.3 Å². The molecular weight excluding hydrogens is 749 g/mol. The Balaban J connectivity index is 1.31. The lowest BCUT2D eigenvalue weighted by atomic mass is 9.77. The smallest absolute Gasteiger partial charge is 0.352 e. The zero-order valence-corrected chi connectivity index (χ0v) is 28.9. The standard InChI is InChI=1S/C34H30IN5O5S2/c1-2-45-39-26(29(41)37-27-30(42)40-28(32(43)44)21(18-35)19-46-31(27)40)25-20-47-33(36-25)38-34(22-12-6-3-7-13-22,23-14-8-4-9-15-23)24-16-10-5-11-17-24/h3-17,20,27,31H,2,18-19H2,1H3,(H,36,38)(H,37,41)(H,43,44)/t27-,31+/m1/s1. The molecule has 240 valence electrons. The maximum absolute atomic E-state index is 13.7. The molecule has 10 nitrogen and oxygen atoms in total. The highest BCUT2D eigenvalue weighted by Crippen LogP contribution is 2.42. The van der Waals surface area contributed by atoms with E-state index in [1.807, 2.05) is 54.6 Å². The highest BCUT2D eigenvalue weighted by molar-refractivity contribution is 14.1. The monoisotopic (exact) mass is 779 g/mol. The molecule has 2 atom stereocenters. The van der Waals surface area contributed by atoms with E-state index in [0.717, 1.165) is 16.7 Å². The number of carboxylic acid groups (broad SMARTS) is 1. The first-order valence-corrected chi connectivity index (χ1v) is 18.2. The summed E-state index contributed by atoms with van der Waals surface area (Å²) in [6.45, 7) is 1.96. The molecule has 13 heteroatoms. The Morgan fingerprint density at radius 2 is 1.60 bits per heavy atom. The molecule has 2 aliphatic heterocycles. The number of nitrogens with zero attached hydrogens (tertiary/aromatic N) is 3. The van der Waals surface area contributed by atoms with E-state index in [2.05, 4.69) is 74.8 Å². The molecule has 0 spiro atoms. The van der Waals surface area contributed by atoms with Gasteiger partial charge in [0.25, 0.3) is 11.8 Å². The van der Waals surface area contributed by atoms with Crippen molar-refractivity contribution in [3.05, 3.63) is 130 Å². The number of amides is 2. The highest BCUT2D eigenvalue weighted by atomic mass is 127. The zero-order chi connectivity index (χ0) is 33.0. The molecule has 0 unspecified atom stereocenters. The average Bonchev–Trinajstić information content (AvgIpc) is 3.57.